The molecular formula is C15H21BrO2. The molecule has 0 atom stereocenters. The third-order valence-electron chi connectivity index (χ3n) is 3.35. The highest BCUT2D eigenvalue weighted by molar-refractivity contribution is 9.08. The summed E-state index contributed by atoms with van der Waals surface area (Å²) in [6, 6.07) is 6.11. The first-order valence-corrected chi connectivity index (χ1v) is 7.90. The van der Waals surface area contributed by atoms with Crippen molar-refractivity contribution in [2.45, 2.75) is 37.9 Å². The van der Waals surface area contributed by atoms with Crippen LogP contribution in [0.3, 0.4) is 0 Å². The lowest BCUT2D eigenvalue weighted by Crippen LogP contribution is -2.19. The molecule has 1 saturated carbocycles. The van der Waals surface area contributed by atoms with Crippen LogP contribution < -0.4 is 9.47 Å². The highest BCUT2D eigenvalue weighted by atomic mass is 79.9. The van der Waals surface area contributed by atoms with E-state index in [0.717, 1.165) is 42.4 Å². The quantitative estimate of drug-likeness (QED) is 0.688. The molecule has 0 bridgehead atoms. The van der Waals surface area contributed by atoms with E-state index < -0.39 is 0 Å². The maximum Gasteiger partial charge on any atom is 0.127 e. The average molecular weight is 313 g/mol. The minimum atomic E-state index is 0.758. The van der Waals surface area contributed by atoms with Gasteiger partial charge in [0, 0.05) is 17.0 Å². The summed E-state index contributed by atoms with van der Waals surface area (Å²) in [7, 11) is 0. The highest BCUT2D eigenvalue weighted by Crippen LogP contribution is 2.30. The fraction of sp³-hybridized carbons (Fsp3) is 0.600. The smallest absolute Gasteiger partial charge is 0.127 e. The van der Waals surface area contributed by atoms with Crippen LogP contribution in [0.15, 0.2) is 18.2 Å². The fourth-order valence-corrected chi connectivity index (χ4v) is 2.42. The van der Waals surface area contributed by atoms with Gasteiger partial charge >= 0.3 is 0 Å². The van der Waals surface area contributed by atoms with E-state index in [2.05, 4.69) is 28.9 Å². The molecule has 100 valence electrons. The van der Waals surface area contributed by atoms with E-state index in [1.165, 1.54) is 24.8 Å². The van der Waals surface area contributed by atoms with Gasteiger partial charge in [-0.25, -0.2) is 0 Å². The second-order valence-corrected chi connectivity index (χ2v) is 5.42. The van der Waals surface area contributed by atoms with Gasteiger partial charge in [-0.2, -0.15) is 0 Å². The molecule has 0 spiro atoms. The Morgan fingerprint density at radius 3 is 2.72 bits per heavy atom. The normalized spacial score (nSPS) is 15.2. The molecule has 0 N–H and O–H groups in total. The number of hydrogen-bond acceptors (Lipinski definition) is 2. The summed E-state index contributed by atoms with van der Waals surface area (Å²) in [5, 5.41) is 0.820. The Labute approximate surface area is 118 Å². The Hall–Kier alpha value is -0.700. The van der Waals surface area contributed by atoms with Crippen LogP contribution in [0.4, 0.5) is 0 Å². The summed E-state index contributed by atoms with van der Waals surface area (Å²) >= 11 is 3.50. The molecule has 1 aliphatic rings. The van der Waals surface area contributed by atoms with Crippen LogP contribution in [0.5, 0.6) is 11.5 Å². The van der Waals surface area contributed by atoms with E-state index in [-0.39, 0.29) is 0 Å². The Morgan fingerprint density at radius 2 is 2.11 bits per heavy atom. The third kappa shape index (κ3) is 3.64. The van der Waals surface area contributed by atoms with Gasteiger partial charge in [-0.3, -0.25) is 0 Å². The zero-order chi connectivity index (χ0) is 12.8. The van der Waals surface area contributed by atoms with E-state index in [1.54, 1.807) is 0 Å². The van der Waals surface area contributed by atoms with E-state index in [9.17, 15) is 0 Å². The van der Waals surface area contributed by atoms with E-state index in [1.807, 2.05) is 12.1 Å². The maximum absolute atomic E-state index is 5.94. The highest BCUT2D eigenvalue weighted by Gasteiger charge is 2.18. The summed E-state index contributed by atoms with van der Waals surface area (Å²) in [5.41, 5.74) is 1.19. The van der Waals surface area contributed by atoms with Crippen molar-refractivity contribution in [1.29, 1.82) is 0 Å². The third-order valence-corrected chi connectivity index (χ3v) is 3.96. The lowest BCUT2D eigenvalue weighted by molar-refractivity contribution is 0.179. The Morgan fingerprint density at radius 1 is 1.28 bits per heavy atom. The van der Waals surface area contributed by atoms with Gasteiger partial charge in [0.05, 0.1) is 13.2 Å². The molecule has 18 heavy (non-hydrogen) atoms. The molecule has 1 aromatic carbocycles. The van der Waals surface area contributed by atoms with Gasteiger partial charge < -0.3 is 9.47 Å². The van der Waals surface area contributed by atoms with E-state index in [4.69, 9.17) is 9.47 Å². The van der Waals surface area contributed by atoms with Gasteiger partial charge in [-0.15, -0.1) is 0 Å². The SMILES string of the molecule is CCCOc1ccc(CBr)c(OCC2CCC2)c1. The molecule has 0 radical (unpaired) electrons. The van der Waals surface area contributed by atoms with Gasteiger partial charge in [-0.1, -0.05) is 35.3 Å². The molecule has 3 heteroatoms. The number of halogens is 1. The zero-order valence-corrected chi connectivity index (χ0v) is 12.5. The van der Waals surface area contributed by atoms with Crippen molar-refractivity contribution in [3.63, 3.8) is 0 Å². The van der Waals surface area contributed by atoms with Crippen LogP contribution in [0.2, 0.25) is 0 Å². The first-order chi connectivity index (χ1) is 8.83. The summed E-state index contributed by atoms with van der Waals surface area (Å²) < 4.78 is 11.6. The van der Waals surface area contributed by atoms with Crippen molar-refractivity contribution in [3.05, 3.63) is 23.8 Å². The maximum atomic E-state index is 5.94. The fourth-order valence-electron chi connectivity index (χ4n) is 1.96. The largest absolute Gasteiger partial charge is 0.493 e. The topological polar surface area (TPSA) is 18.5 Å². The van der Waals surface area contributed by atoms with Crippen molar-refractivity contribution in [1.82, 2.24) is 0 Å². The molecule has 2 rings (SSSR count). The number of alkyl halides is 1. The van der Waals surface area contributed by atoms with Crippen molar-refractivity contribution in [3.8, 4) is 11.5 Å². The molecule has 0 unspecified atom stereocenters. The lowest BCUT2D eigenvalue weighted by atomic mass is 9.86. The molecule has 0 saturated heterocycles. The van der Waals surface area contributed by atoms with Crippen LogP contribution in [-0.4, -0.2) is 13.2 Å². The predicted octanol–water partition coefficient (Wildman–Crippen LogP) is 4.55. The lowest BCUT2D eigenvalue weighted by Gasteiger charge is -2.25. The average Bonchev–Trinajstić information content (AvgIpc) is 2.34. The zero-order valence-electron chi connectivity index (χ0n) is 11.0. The van der Waals surface area contributed by atoms with Crippen LogP contribution in [-0.2, 0) is 5.33 Å². The second-order valence-electron chi connectivity index (χ2n) is 4.86. The van der Waals surface area contributed by atoms with Crippen LogP contribution in [0.25, 0.3) is 0 Å². The molecule has 0 heterocycles. The van der Waals surface area contributed by atoms with Crippen LogP contribution >= 0.6 is 15.9 Å². The molecule has 1 aliphatic carbocycles. The van der Waals surface area contributed by atoms with Crippen LogP contribution in [0.1, 0.15) is 38.2 Å². The molecule has 2 nitrogen and oxygen atoms in total. The first kappa shape index (κ1) is 13.7. The molecule has 0 amide bonds. The van der Waals surface area contributed by atoms with Gasteiger partial charge in [-0.05, 0) is 31.2 Å². The number of ether oxygens (including phenoxy) is 2. The van der Waals surface area contributed by atoms with Crippen LogP contribution in [0, 0.1) is 5.92 Å². The summed E-state index contributed by atoms with van der Waals surface area (Å²) in [6.07, 6.45) is 5.02. The molecule has 0 aliphatic heterocycles. The van der Waals surface area contributed by atoms with Crippen molar-refractivity contribution in [2.75, 3.05) is 13.2 Å². The predicted molar refractivity (Wildman–Crippen MR) is 77.7 cm³/mol. The van der Waals surface area contributed by atoms with Gasteiger partial charge in [0.15, 0.2) is 0 Å². The van der Waals surface area contributed by atoms with Gasteiger partial charge in [0.1, 0.15) is 11.5 Å². The molecular weight excluding hydrogens is 292 g/mol. The molecule has 0 aromatic heterocycles. The van der Waals surface area contributed by atoms with Crippen molar-refractivity contribution in [2.24, 2.45) is 5.92 Å². The monoisotopic (exact) mass is 312 g/mol. The molecule has 1 aromatic rings. The Bertz CT molecular complexity index is 375. The summed E-state index contributed by atoms with van der Waals surface area (Å²) in [6.45, 7) is 3.72. The Balaban J connectivity index is 1.98. The summed E-state index contributed by atoms with van der Waals surface area (Å²) in [5.74, 6) is 2.63. The summed E-state index contributed by atoms with van der Waals surface area (Å²) in [4.78, 5) is 0. The van der Waals surface area contributed by atoms with E-state index >= 15 is 0 Å². The number of rotatable bonds is 7. The minimum Gasteiger partial charge on any atom is -0.493 e. The Kier molecular flexibility index (Phi) is 5.36. The van der Waals surface area contributed by atoms with Crippen molar-refractivity contribution >= 4 is 15.9 Å². The van der Waals surface area contributed by atoms with Crippen molar-refractivity contribution < 1.29 is 9.47 Å². The molecule has 1 fully saturated rings. The standard InChI is InChI=1S/C15H21BrO2/c1-2-8-17-14-7-6-13(10-16)15(9-14)18-11-12-4-3-5-12/h6-7,9,12H,2-5,8,10-11H2,1H3. The van der Waals surface area contributed by atoms with Gasteiger partial charge in [0.2, 0.25) is 0 Å². The minimum absolute atomic E-state index is 0.758. The number of hydrogen-bond donors (Lipinski definition) is 0. The van der Waals surface area contributed by atoms with E-state index in [0.29, 0.717) is 0 Å². The number of benzene rings is 1. The first-order valence-electron chi connectivity index (χ1n) is 6.78. The second kappa shape index (κ2) is 7.03. The van der Waals surface area contributed by atoms with Gasteiger partial charge in [0.25, 0.3) is 0 Å².